The van der Waals surface area contributed by atoms with Gasteiger partial charge in [0.25, 0.3) is 0 Å². The molecule has 0 bridgehead atoms. The molecule has 0 aromatic heterocycles. The van der Waals surface area contributed by atoms with Crippen LogP contribution in [0.2, 0.25) is 5.02 Å². The lowest BCUT2D eigenvalue weighted by Crippen LogP contribution is -2.44. The maximum atomic E-state index is 13.3. The fourth-order valence-corrected chi connectivity index (χ4v) is 3.49. The second kappa shape index (κ2) is 9.76. The number of carbonyl (C=O) groups excluding carboxylic acids is 2. The molecule has 0 atom stereocenters. The molecule has 1 amide bonds. The van der Waals surface area contributed by atoms with Crippen molar-refractivity contribution in [2.75, 3.05) is 31.7 Å². The summed E-state index contributed by atoms with van der Waals surface area (Å²) in [6.45, 7) is 2.95. The van der Waals surface area contributed by atoms with Crippen molar-refractivity contribution in [1.82, 2.24) is 0 Å². The van der Waals surface area contributed by atoms with E-state index in [1.165, 1.54) is 0 Å². The van der Waals surface area contributed by atoms with Crippen molar-refractivity contribution in [3.63, 3.8) is 0 Å². The molecule has 2 aromatic rings. The van der Waals surface area contributed by atoms with E-state index < -0.39 is 11.4 Å². The van der Waals surface area contributed by atoms with E-state index in [0.29, 0.717) is 49.1 Å². The Hall–Kier alpha value is -2.57. The number of rotatable bonds is 7. The van der Waals surface area contributed by atoms with Crippen LogP contribution in [-0.2, 0) is 24.5 Å². The van der Waals surface area contributed by atoms with Crippen molar-refractivity contribution in [3.8, 4) is 5.75 Å². The predicted octanol–water partition coefficient (Wildman–Crippen LogP) is 3.97. The van der Waals surface area contributed by atoms with Crippen molar-refractivity contribution >= 4 is 29.2 Å². The summed E-state index contributed by atoms with van der Waals surface area (Å²) in [6.07, 6.45) is 1.20. The second-order valence-corrected chi connectivity index (χ2v) is 7.21. The van der Waals surface area contributed by atoms with Crippen molar-refractivity contribution in [3.05, 3.63) is 59.1 Å². The molecule has 0 aliphatic carbocycles. The van der Waals surface area contributed by atoms with Crippen LogP contribution in [0.3, 0.4) is 0 Å². The third kappa shape index (κ3) is 5.28. The third-order valence-electron chi connectivity index (χ3n) is 4.95. The highest BCUT2D eigenvalue weighted by Gasteiger charge is 2.41. The summed E-state index contributed by atoms with van der Waals surface area (Å²) in [7, 11) is 0. The van der Waals surface area contributed by atoms with Crippen LogP contribution in [0, 0.1) is 0 Å². The van der Waals surface area contributed by atoms with Gasteiger partial charge in [-0.05, 0) is 61.7 Å². The molecule has 1 aliphatic rings. The molecule has 0 unspecified atom stereocenters. The number of amides is 1. The summed E-state index contributed by atoms with van der Waals surface area (Å²) in [5.74, 6) is 0.0205. The molecule has 7 heteroatoms. The summed E-state index contributed by atoms with van der Waals surface area (Å²) in [6, 6.07) is 14.3. The first-order chi connectivity index (χ1) is 14.0. The minimum atomic E-state index is -0.665. The Morgan fingerprint density at radius 2 is 1.72 bits per heavy atom. The van der Waals surface area contributed by atoms with Crippen LogP contribution in [0.1, 0.15) is 25.3 Å². The first kappa shape index (κ1) is 21.1. The normalized spacial score (nSPS) is 15.4. The zero-order chi connectivity index (χ0) is 20.7. The number of halogens is 1. The van der Waals surface area contributed by atoms with E-state index >= 15 is 0 Å². The number of nitrogens with one attached hydrogen (secondary N) is 1. The smallest absolute Gasteiger partial charge is 0.344 e. The van der Waals surface area contributed by atoms with Gasteiger partial charge in [0.2, 0.25) is 5.91 Å². The lowest BCUT2D eigenvalue weighted by Gasteiger charge is -2.36. The van der Waals surface area contributed by atoms with E-state index in [1.54, 1.807) is 43.3 Å². The Balaban J connectivity index is 1.69. The topological polar surface area (TPSA) is 73.9 Å². The fraction of sp³-hybridized carbons (Fsp3) is 0.364. The lowest BCUT2D eigenvalue weighted by molar-refractivity contribution is -0.145. The number of hydrogen-bond acceptors (Lipinski definition) is 5. The van der Waals surface area contributed by atoms with Crippen LogP contribution >= 0.6 is 11.6 Å². The predicted molar refractivity (Wildman–Crippen MR) is 110 cm³/mol. The standard InChI is InChI=1S/C22H24ClNO5/c1-2-28-20(25)15-29-19-9-7-18(8-10-19)24-21(26)22(11-13-27-14-12-22)16-3-5-17(23)6-4-16/h3-10H,2,11-15H2,1H3,(H,24,26). The zero-order valence-electron chi connectivity index (χ0n) is 16.3. The molecule has 1 aliphatic heterocycles. The lowest BCUT2D eigenvalue weighted by atomic mass is 9.73. The Morgan fingerprint density at radius 3 is 2.34 bits per heavy atom. The SMILES string of the molecule is CCOC(=O)COc1ccc(NC(=O)C2(c3ccc(Cl)cc3)CCOCC2)cc1. The van der Waals surface area contributed by atoms with Gasteiger partial charge < -0.3 is 19.5 Å². The van der Waals surface area contributed by atoms with Crippen molar-refractivity contribution < 1.29 is 23.8 Å². The molecule has 0 spiro atoms. The molecule has 1 fully saturated rings. The van der Waals surface area contributed by atoms with Gasteiger partial charge >= 0.3 is 5.97 Å². The Morgan fingerprint density at radius 1 is 1.07 bits per heavy atom. The number of anilines is 1. The molecule has 6 nitrogen and oxygen atoms in total. The quantitative estimate of drug-likeness (QED) is 0.690. The summed E-state index contributed by atoms with van der Waals surface area (Å²) in [4.78, 5) is 24.6. The first-order valence-corrected chi connectivity index (χ1v) is 9.95. The van der Waals surface area contributed by atoms with Crippen molar-refractivity contribution in [2.24, 2.45) is 0 Å². The second-order valence-electron chi connectivity index (χ2n) is 6.77. The first-order valence-electron chi connectivity index (χ1n) is 9.57. The molecular formula is C22H24ClNO5. The number of ether oxygens (including phenoxy) is 3. The average molecular weight is 418 g/mol. The van der Waals surface area contributed by atoms with Crippen LogP contribution in [0.4, 0.5) is 5.69 Å². The summed E-state index contributed by atoms with van der Waals surface area (Å²) in [5.41, 5.74) is 0.914. The molecule has 2 aromatic carbocycles. The largest absolute Gasteiger partial charge is 0.482 e. The van der Waals surface area contributed by atoms with Crippen LogP contribution in [0.15, 0.2) is 48.5 Å². The number of hydrogen-bond donors (Lipinski definition) is 1. The van der Waals surface area contributed by atoms with Gasteiger partial charge in [-0.15, -0.1) is 0 Å². The van der Waals surface area contributed by atoms with E-state index in [9.17, 15) is 9.59 Å². The summed E-state index contributed by atoms with van der Waals surface area (Å²) < 4.78 is 15.7. The highest BCUT2D eigenvalue weighted by Crippen LogP contribution is 2.36. The molecule has 154 valence electrons. The van der Waals surface area contributed by atoms with Crippen LogP contribution in [0.25, 0.3) is 0 Å². The Labute approximate surface area is 175 Å². The van der Waals surface area contributed by atoms with E-state index in [2.05, 4.69) is 5.32 Å². The molecule has 29 heavy (non-hydrogen) atoms. The average Bonchev–Trinajstić information content (AvgIpc) is 2.74. The summed E-state index contributed by atoms with van der Waals surface area (Å²) >= 11 is 6.02. The Bertz CT molecular complexity index is 829. The van der Waals surface area contributed by atoms with Gasteiger partial charge in [0, 0.05) is 23.9 Å². The molecule has 1 saturated heterocycles. The summed E-state index contributed by atoms with van der Waals surface area (Å²) in [5, 5.41) is 3.64. The number of esters is 1. The molecular weight excluding hydrogens is 394 g/mol. The van der Waals surface area contributed by atoms with Crippen LogP contribution < -0.4 is 10.1 Å². The van der Waals surface area contributed by atoms with Gasteiger partial charge in [-0.25, -0.2) is 4.79 Å². The molecule has 0 saturated carbocycles. The monoisotopic (exact) mass is 417 g/mol. The minimum Gasteiger partial charge on any atom is -0.482 e. The zero-order valence-corrected chi connectivity index (χ0v) is 17.0. The molecule has 1 heterocycles. The van der Waals surface area contributed by atoms with Gasteiger partial charge in [-0.2, -0.15) is 0 Å². The highest BCUT2D eigenvalue weighted by atomic mass is 35.5. The number of benzene rings is 2. The maximum Gasteiger partial charge on any atom is 0.344 e. The molecule has 1 N–H and O–H groups in total. The third-order valence-corrected chi connectivity index (χ3v) is 5.20. The molecule has 0 radical (unpaired) electrons. The van der Waals surface area contributed by atoms with Crippen LogP contribution in [0.5, 0.6) is 5.75 Å². The van der Waals surface area contributed by atoms with E-state index in [1.807, 2.05) is 12.1 Å². The number of carbonyl (C=O) groups is 2. The van der Waals surface area contributed by atoms with E-state index in [-0.39, 0.29) is 12.5 Å². The van der Waals surface area contributed by atoms with Crippen LogP contribution in [-0.4, -0.2) is 38.3 Å². The Kier molecular flexibility index (Phi) is 7.12. The van der Waals surface area contributed by atoms with Crippen molar-refractivity contribution in [1.29, 1.82) is 0 Å². The van der Waals surface area contributed by atoms with Gasteiger partial charge in [-0.3, -0.25) is 4.79 Å². The molecule has 3 rings (SSSR count). The van der Waals surface area contributed by atoms with Crippen molar-refractivity contribution in [2.45, 2.75) is 25.2 Å². The van der Waals surface area contributed by atoms with Gasteiger partial charge in [0.05, 0.1) is 12.0 Å². The highest BCUT2D eigenvalue weighted by molar-refractivity contribution is 6.30. The maximum absolute atomic E-state index is 13.3. The van der Waals surface area contributed by atoms with Gasteiger partial charge in [0.1, 0.15) is 5.75 Å². The van der Waals surface area contributed by atoms with E-state index in [4.69, 9.17) is 25.8 Å². The van der Waals surface area contributed by atoms with E-state index in [0.717, 1.165) is 5.56 Å². The van der Waals surface area contributed by atoms with Gasteiger partial charge in [0.15, 0.2) is 6.61 Å². The van der Waals surface area contributed by atoms with Gasteiger partial charge in [-0.1, -0.05) is 23.7 Å². The fourth-order valence-electron chi connectivity index (χ4n) is 3.37. The minimum absolute atomic E-state index is 0.0803.